The summed E-state index contributed by atoms with van der Waals surface area (Å²) in [5.41, 5.74) is -0.299. The molecule has 0 aliphatic carbocycles. The fraction of sp³-hybridized carbons (Fsp3) is 0.333. The Morgan fingerprint density at radius 2 is 2.12 bits per heavy atom. The third-order valence-electron chi connectivity index (χ3n) is 1.83. The van der Waals surface area contributed by atoms with Crippen LogP contribution in [-0.4, -0.2) is 25.8 Å². The highest BCUT2D eigenvalue weighted by Crippen LogP contribution is 2.19. The average molecular weight is 280 g/mol. The molecule has 0 aliphatic rings. The Bertz CT molecular complexity index is 502. The van der Waals surface area contributed by atoms with Crippen molar-refractivity contribution >= 4 is 27.4 Å². The molecule has 17 heavy (non-hydrogen) atoms. The summed E-state index contributed by atoms with van der Waals surface area (Å²) in [6.45, 7) is -0.0471. The van der Waals surface area contributed by atoms with Gasteiger partial charge in [-0.25, -0.2) is 0 Å². The van der Waals surface area contributed by atoms with Gasteiger partial charge in [0.1, 0.15) is 4.90 Å². The lowest BCUT2D eigenvalue weighted by atomic mass is 10.3. The molecular weight excluding hydrogens is 270 g/mol. The molecule has 1 rings (SSSR count). The molecule has 0 heterocycles. The quantitative estimate of drug-likeness (QED) is 0.261. The van der Waals surface area contributed by atoms with Gasteiger partial charge in [-0.3, -0.25) is 14.3 Å². The van der Waals surface area contributed by atoms with Crippen molar-refractivity contribution in [3.05, 3.63) is 34.4 Å². The van der Waals surface area contributed by atoms with Crippen LogP contribution < -0.4 is 0 Å². The molecule has 0 atom stereocenters. The van der Waals surface area contributed by atoms with Crippen molar-refractivity contribution in [1.82, 2.24) is 0 Å². The van der Waals surface area contributed by atoms with E-state index in [9.17, 15) is 18.5 Å². The summed E-state index contributed by atoms with van der Waals surface area (Å²) in [6, 6.07) is 4.69. The first-order valence-electron chi connectivity index (χ1n) is 4.67. The van der Waals surface area contributed by atoms with E-state index in [0.29, 0.717) is 6.42 Å². The van der Waals surface area contributed by atoms with Crippen LogP contribution in [0.4, 0.5) is 5.69 Å². The zero-order valence-corrected chi connectivity index (χ0v) is 10.3. The molecule has 0 radical (unpaired) electrons. The average Bonchev–Trinajstić information content (AvgIpc) is 2.29. The largest absolute Gasteiger partial charge is 0.297 e. The Kier molecular flexibility index (Phi) is 4.86. The predicted octanol–water partition coefficient (Wildman–Crippen LogP) is 1.93. The van der Waals surface area contributed by atoms with Gasteiger partial charge in [-0.05, 0) is 12.5 Å². The van der Waals surface area contributed by atoms with E-state index in [4.69, 9.17) is 11.6 Å². The van der Waals surface area contributed by atoms with E-state index >= 15 is 0 Å². The molecule has 0 saturated heterocycles. The molecule has 1 aromatic carbocycles. The van der Waals surface area contributed by atoms with Crippen LogP contribution in [0.1, 0.15) is 6.42 Å². The van der Waals surface area contributed by atoms with E-state index in [1.807, 2.05) is 0 Å². The van der Waals surface area contributed by atoms with E-state index in [0.717, 1.165) is 6.07 Å². The van der Waals surface area contributed by atoms with Gasteiger partial charge in [0.15, 0.2) is 0 Å². The van der Waals surface area contributed by atoms with E-state index in [2.05, 4.69) is 4.18 Å². The van der Waals surface area contributed by atoms with Gasteiger partial charge in [0.2, 0.25) is 0 Å². The highest BCUT2D eigenvalue weighted by Gasteiger charge is 2.18. The van der Waals surface area contributed by atoms with Crippen LogP contribution in [0.15, 0.2) is 29.2 Å². The van der Waals surface area contributed by atoms with Crippen LogP contribution in [0.25, 0.3) is 0 Å². The molecule has 0 aliphatic heterocycles. The predicted molar refractivity (Wildman–Crippen MR) is 61.6 cm³/mol. The Morgan fingerprint density at radius 3 is 2.71 bits per heavy atom. The fourth-order valence-electron chi connectivity index (χ4n) is 1.04. The maximum atomic E-state index is 11.6. The zero-order valence-electron chi connectivity index (χ0n) is 8.71. The number of hydrogen-bond donors (Lipinski definition) is 0. The molecule has 0 saturated carbocycles. The molecule has 0 bridgehead atoms. The standard InChI is InChI=1S/C9H10ClNO5S/c10-5-2-6-16-17(14,15)9-4-1-3-8(7-9)11(12)13/h1,3-4,7H,2,5-6H2. The second-order valence-electron chi connectivity index (χ2n) is 3.07. The number of halogens is 1. The molecule has 6 nitrogen and oxygen atoms in total. The van der Waals surface area contributed by atoms with Crippen molar-refractivity contribution in [2.45, 2.75) is 11.3 Å². The maximum Gasteiger partial charge on any atom is 0.297 e. The first-order valence-corrected chi connectivity index (χ1v) is 6.61. The minimum Gasteiger partial charge on any atom is -0.266 e. The van der Waals surface area contributed by atoms with Gasteiger partial charge in [-0.15, -0.1) is 11.6 Å². The van der Waals surface area contributed by atoms with Gasteiger partial charge in [0, 0.05) is 18.0 Å². The Labute approximate surface area is 103 Å². The second-order valence-corrected chi connectivity index (χ2v) is 5.07. The molecule has 94 valence electrons. The molecule has 0 spiro atoms. The molecule has 0 fully saturated rings. The highest BCUT2D eigenvalue weighted by molar-refractivity contribution is 7.86. The lowest BCUT2D eigenvalue weighted by Gasteiger charge is -2.04. The van der Waals surface area contributed by atoms with Gasteiger partial charge in [-0.2, -0.15) is 8.42 Å². The fourth-order valence-corrected chi connectivity index (χ4v) is 2.14. The number of alkyl halides is 1. The summed E-state index contributed by atoms with van der Waals surface area (Å²) < 4.78 is 27.8. The number of hydrogen-bond acceptors (Lipinski definition) is 5. The molecule has 0 aromatic heterocycles. The summed E-state index contributed by atoms with van der Waals surface area (Å²) in [7, 11) is -3.95. The van der Waals surface area contributed by atoms with E-state index in [-0.39, 0.29) is 23.1 Å². The van der Waals surface area contributed by atoms with Crippen LogP contribution in [0, 0.1) is 10.1 Å². The third kappa shape index (κ3) is 3.95. The van der Waals surface area contributed by atoms with Crippen LogP contribution in [-0.2, 0) is 14.3 Å². The van der Waals surface area contributed by atoms with Gasteiger partial charge in [0.05, 0.1) is 11.5 Å². The second kappa shape index (κ2) is 5.95. The number of rotatable bonds is 6. The summed E-state index contributed by atoms with van der Waals surface area (Å²) in [6.07, 6.45) is 0.385. The molecule has 0 amide bonds. The topological polar surface area (TPSA) is 86.5 Å². The van der Waals surface area contributed by atoms with E-state index in [1.165, 1.54) is 18.2 Å². The van der Waals surface area contributed by atoms with Crippen LogP contribution in [0.5, 0.6) is 0 Å². The number of nitro groups is 1. The van der Waals surface area contributed by atoms with Crippen molar-refractivity contribution in [3.8, 4) is 0 Å². The van der Waals surface area contributed by atoms with Crippen molar-refractivity contribution < 1.29 is 17.5 Å². The third-order valence-corrected chi connectivity index (χ3v) is 3.41. The maximum absolute atomic E-state index is 11.6. The lowest BCUT2D eigenvalue weighted by molar-refractivity contribution is -0.385. The summed E-state index contributed by atoms with van der Waals surface area (Å²) in [5, 5.41) is 10.5. The van der Waals surface area contributed by atoms with Crippen LogP contribution >= 0.6 is 11.6 Å². The first kappa shape index (κ1) is 13.9. The van der Waals surface area contributed by atoms with Gasteiger partial charge in [-0.1, -0.05) is 6.07 Å². The molecular formula is C9H10ClNO5S. The normalized spacial score (nSPS) is 11.4. The first-order chi connectivity index (χ1) is 7.97. The summed E-state index contributed by atoms with van der Waals surface area (Å²) >= 11 is 5.38. The van der Waals surface area contributed by atoms with E-state index < -0.39 is 15.0 Å². The lowest BCUT2D eigenvalue weighted by Crippen LogP contribution is -2.08. The molecule has 8 heteroatoms. The Hall–Kier alpha value is -1.18. The highest BCUT2D eigenvalue weighted by atomic mass is 35.5. The smallest absolute Gasteiger partial charge is 0.266 e. The minimum absolute atomic E-state index is 0.0471. The monoisotopic (exact) mass is 279 g/mol. The Morgan fingerprint density at radius 1 is 1.41 bits per heavy atom. The Balaban J connectivity index is 2.91. The molecule has 1 aromatic rings. The number of benzene rings is 1. The van der Waals surface area contributed by atoms with Crippen molar-refractivity contribution in [3.63, 3.8) is 0 Å². The van der Waals surface area contributed by atoms with Gasteiger partial charge < -0.3 is 0 Å². The molecule has 0 N–H and O–H groups in total. The van der Waals surface area contributed by atoms with Crippen molar-refractivity contribution in [2.24, 2.45) is 0 Å². The molecule has 0 unspecified atom stereocenters. The minimum atomic E-state index is -3.95. The van der Waals surface area contributed by atoms with Crippen LogP contribution in [0.3, 0.4) is 0 Å². The summed E-state index contributed by atoms with van der Waals surface area (Å²) in [5.74, 6) is 0.282. The van der Waals surface area contributed by atoms with Gasteiger partial charge in [0.25, 0.3) is 15.8 Å². The number of nitrogens with zero attached hydrogens (tertiary/aromatic N) is 1. The summed E-state index contributed by atoms with van der Waals surface area (Å²) in [4.78, 5) is 9.59. The number of nitro benzene ring substituents is 1. The SMILES string of the molecule is O=[N+]([O-])c1cccc(S(=O)(=O)OCCCCl)c1. The van der Waals surface area contributed by atoms with Crippen molar-refractivity contribution in [2.75, 3.05) is 12.5 Å². The van der Waals surface area contributed by atoms with E-state index in [1.54, 1.807) is 0 Å². The number of non-ortho nitro benzene ring substituents is 1. The van der Waals surface area contributed by atoms with Crippen LogP contribution in [0.2, 0.25) is 0 Å². The van der Waals surface area contributed by atoms with Gasteiger partial charge >= 0.3 is 0 Å². The zero-order chi connectivity index (χ0) is 12.9. The van der Waals surface area contributed by atoms with Crippen molar-refractivity contribution in [1.29, 1.82) is 0 Å².